The van der Waals surface area contributed by atoms with E-state index in [1.165, 1.54) is 38.5 Å². The summed E-state index contributed by atoms with van der Waals surface area (Å²) < 4.78 is 0. The van der Waals surface area contributed by atoms with Crippen LogP contribution in [0.25, 0.3) is 0 Å². The Balaban J connectivity index is 2.40. The lowest BCUT2D eigenvalue weighted by Gasteiger charge is -2.26. The molecule has 0 saturated carbocycles. The van der Waals surface area contributed by atoms with Crippen molar-refractivity contribution in [3.8, 4) is 0 Å². The lowest BCUT2D eigenvalue weighted by molar-refractivity contribution is -0.124. The predicted octanol–water partition coefficient (Wildman–Crippen LogP) is 4.29. The Bertz CT molecular complexity index is 315. The molecule has 122 valence electrons. The molecule has 3 amide bonds. The molecular weight excluding hydrogens is 264 g/mol. The van der Waals surface area contributed by atoms with Crippen LogP contribution in [-0.4, -0.2) is 17.5 Å². The minimum Gasteiger partial charge on any atom is -0.323 e. The second-order valence-corrected chi connectivity index (χ2v) is 6.32. The number of imide groups is 1. The topological polar surface area (TPSA) is 58.2 Å². The zero-order chi connectivity index (χ0) is 15.6. The largest absolute Gasteiger partial charge is 0.323 e. The number of hydrogen-bond acceptors (Lipinski definition) is 2. The summed E-state index contributed by atoms with van der Waals surface area (Å²) in [4.78, 5) is 23.6. The zero-order valence-electron chi connectivity index (χ0n) is 13.8. The van der Waals surface area contributed by atoms with Gasteiger partial charge in [-0.05, 0) is 12.8 Å². The van der Waals surface area contributed by atoms with Crippen molar-refractivity contribution in [2.75, 3.05) is 0 Å². The van der Waals surface area contributed by atoms with Gasteiger partial charge in [0.05, 0.1) is 0 Å². The molecule has 0 unspecified atom stereocenters. The molecule has 0 aromatic heterocycles. The van der Waals surface area contributed by atoms with Crippen LogP contribution < -0.4 is 10.6 Å². The van der Waals surface area contributed by atoms with Crippen LogP contribution in [0.1, 0.15) is 90.9 Å². The summed E-state index contributed by atoms with van der Waals surface area (Å²) >= 11 is 0. The van der Waals surface area contributed by atoms with Gasteiger partial charge in [0.2, 0.25) is 0 Å². The lowest BCUT2D eigenvalue weighted by atomic mass is 9.86. The molecule has 2 N–H and O–H groups in total. The first-order valence-corrected chi connectivity index (χ1v) is 8.78. The lowest BCUT2D eigenvalue weighted by Crippen LogP contribution is -2.46. The molecule has 4 heteroatoms. The van der Waals surface area contributed by atoms with E-state index in [2.05, 4.69) is 24.5 Å². The quantitative estimate of drug-likeness (QED) is 0.417. The third kappa shape index (κ3) is 6.06. The summed E-state index contributed by atoms with van der Waals surface area (Å²) in [5.41, 5.74) is -0.629. The average molecular weight is 296 g/mol. The van der Waals surface area contributed by atoms with Gasteiger partial charge in [-0.2, -0.15) is 0 Å². The van der Waals surface area contributed by atoms with Gasteiger partial charge in [0.1, 0.15) is 5.54 Å². The SMILES string of the molecule is CCCCCCCC1(CCCCCCC)NC(=O)NC1=O. The van der Waals surface area contributed by atoms with Gasteiger partial charge < -0.3 is 5.32 Å². The summed E-state index contributed by atoms with van der Waals surface area (Å²) in [6, 6.07) is -0.317. The molecule has 21 heavy (non-hydrogen) atoms. The number of carbonyl (C=O) groups is 2. The van der Waals surface area contributed by atoms with E-state index >= 15 is 0 Å². The van der Waals surface area contributed by atoms with Crippen molar-refractivity contribution in [3.63, 3.8) is 0 Å². The maximum Gasteiger partial charge on any atom is 0.322 e. The summed E-state index contributed by atoms with van der Waals surface area (Å²) in [5.74, 6) is -0.113. The third-order valence-corrected chi connectivity index (χ3v) is 4.43. The van der Waals surface area contributed by atoms with Crippen molar-refractivity contribution in [3.05, 3.63) is 0 Å². The first-order chi connectivity index (χ1) is 10.1. The molecule has 0 bridgehead atoms. The number of nitrogens with one attached hydrogen (secondary N) is 2. The molecule has 0 spiro atoms. The summed E-state index contributed by atoms with van der Waals surface area (Å²) in [6.07, 6.45) is 13.3. The van der Waals surface area contributed by atoms with Crippen LogP contribution in [0.15, 0.2) is 0 Å². The van der Waals surface area contributed by atoms with Gasteiger partial charge in [-0.25, -0.2) is 4.79 Å². The number of rotatable bonds is 12. The van der Waals surface area contributed by atoms with E-state index in [-0.39, 0.29) is 11.9 Å². The van der Waals surface area contributed by atoms with Crippen molar-refractivity contribution in [1.82, 2.24) is 10.6 Å². The minimum absolute atomic E-state index is 0.113. The molecule has 1 aliphatic heterocycles. The molecule has 1 saturated heterocycles. The molecule has 1 aliphatic rings. The molecule has 0 aromatic rings. The van der Waals surface area contributed by atoms with Crippen LogP contribution in [0.5, 0.6) is 0 Å². The van der Waals surface area contributed by atoms with Crippen LogP contribution in [0.2, 0.25) is 0 Å². The van der Waals surface area contributed by atoms with Crippen molar-refractivity contribution in [1.29, 1.82) is 0 Å². The number of urea groups is 1. The van der Waals surface area contributed by atoms with Gasteiger partial charge in [-0.3, -0.25) is 10.1 Å². The van der Waals surface area contributed by atoms with Crippen LogP contribution in [0.3, 0.4) is 0 Å². The number of carbonyl (C=O) groups excluding carboxylic acids is 2. The van der Waals surface area contributed by atoms with Crippen molar-refractivity contribution in [2.45, 2.75) is 96.4 Å². The van der Waals surface area contributed by atoms with Crippen LogP contribution in [-0.2, 0) is 4.79 Å². The van der Waals surface area contributed by atoms with Crippen molar-refractivity contribution >= 4 is 11.9 Å². The van der Waals surface area contributed by atoms with Gasteiger partial charge in [0, 0.05) is 0 Å². The highest BCUT2D eigenvalue weighted by Gasteiger charge is 2.44. The zero-order valence-corrected chi connectivity index (χ0v) is 13.8. The third-order valence-electron chi connectivity index (χ3n) is 4.43. The molecule has 0 atom stereocenters. The van der Waals surface area contributed by atoms with Gasteiger partial charge in [-0.15, -0.1) is 0 Å². The smallest absolute Gasteiger partial charge is 0.322 e. The van der Waals surface area contributed by atoms with Gasteiger partial charge >= 0.3 is 6.03 Å². The predicted molar refractivity (Wildman–Crippen MR) is 86.2 cm³/mol. The second-order valence-electron chi connectivity index (χ2n) is 6.32. The van der Waals surface area contributed by atoms with Crippen LogP contribution >= 0.6 is 0 Å². The Morgan fingerprint density at radius 3 is 1.62 bits per heavy atom. The van der Waals surface area contributed by atoms with Crippen molar-refractivity contribution < 1.29 is 9.59 Å². The highest BCUT2D eigenvalue weighted by molar-refractivity contribution is 6.06. The Kier molecular flexibility index (Phi) is 8.40. The highest BCUT2D eigenvalue weighted by atomic mass is 16.2. The minimum atomic E-state index is -0.629. The fraction of sp³-hybridized carbons (Fsp3) is 0.882. The fourth-order valence-corrected chi connectivity index (χ4v) is 3.07. The average Bonchev–Trinajstić information content (AvgIpc) is 2.73. The Hall–Kier alpha value is -1.06. The molecule has 1 fully saturated rings. The maximum absolute atomic E-state index is 12.2. The van der Waals surface area contributed by atoms with E-state index in [1.807, 2.05) is 0 Å². The van der Waals surface area contributed by atoms with Crippen molar-refractivity contribution in [2.24, 2.45) is 0 Å². The van der Waals surface area contributed by atoms with Gasteiger partial charge in [0.25, 0.3) is 5.91 Å². The number of amides is 3. The molecule has 0 radical (unpaired) electrons. The first-order valence-electron chi connectivity index (χ1n) is 8.78. The summed E-state index contributed by atoms with van der Waals surface area (Å²) in [7, 11) is 0. The standard InChI is InChI=1S/C17H32N2O2/c1-3-5-7-9-11-13-17(14-12-10-8-6-4-2)15(20)18-16(21)19-17/h3-14H2,1-2H3,(H2,18,19,20,21). The first kappa shape index (κ1) is 18.0. The maximum atomic E-state index is 12.2. The molecule has 4 nitrogen and oxygen atoms in total. The van der Waals surface area contributed by atoms with Crippen LogP contribution in [0, 0.1) is 0 Å². The van der Waals surface area contributed by atoms with Gasteiger partial charge in [-0.1, -0.05) is 78.1 Å². The monoisotopic (exact) mass is 296 g/mol. The van der Waals surface area contributed by atoms with Gasteiger partial charge in [0.15, 0.2) is 0 Å². The Morgan fingerprint density at radius 2 is 1.24 bits per heavy atom. The van der Waals surface area contributed by atoms with E-state index in [9.17, 15) is 9.59 Å². The number of unbranched alkanes of at least 4 members (excludes halogenated alkanes) is 8. The molecule has 1 rings (SSSR count). The molecular formula is C17H32N2O2. The number of hydrogen-bond donors (Lipinski definition) is 2. The van der Waals surface area contributed by atoms with E-state index in [0.29, 0.717) is 0 Å². The van der Waals surface area contributed by atoms with Crippen LogP contribution in [0.4, 0.5) is 4.79 Å². The molecule has 0 aliphatic carbocycles. The Morgan fingerprint density at radius 1 is 0.762 bits per heavy atom. The van der Waals surface area contributed by atoms with E-state index in [4.69, 9.17) is 0 Å². The van der Waals surface area contributed by atoms with E-state index in [1.54, 1.807) is 0 Å². The summed E-state index contributed by atoms with van der Waals surface area (Å²) in [6.45, 7) is 4.39. The Labute approximate surface area is 129 Å². The normalized spacial score (nSPS) is 16.9. The second kappa shape index (κ2) is 9.80. The molecule has 0 aromatic carbocycles. The highest BCUT2D eigenvalue weighted by Crippen LogP contribution is 2.26. The van der Waals surface area contributed by atoms with E-state index in [0.717, 1.165) is 38.5 Å². The summed E-state index contributed by atoms with van der Waals surface area (Å²) in [5, 5.41) is 5.32. The van der Waals surface area contributed by atoms with E-state index < -0.39 is 5.54 Å². The molecule has 1 heterocycles. The fourth-order valence-electron chi connectivity index (χ4n) is 3.07.